The van der Waals surface area contributed by atoms with Crippen LogP contribution in [0.5, 0.6) is 5.75 Å². The molecule has 156 valence electrons. The zero-order valence-corrected chi connectivity index (χ0v) is 16.8. The number of pyridine rings is 1. The monoisotopic (exact) mass is 414 g/mol. The Morgan fingerprint density at radius 1 is 1.13 bits per heavy atom. The van der Waals surface area contributed by atoms with Gasteiger partial charge in [-0.1, -0.05) is 24.3 Å². The van der Waals surface area contributed by atoms with E-state index >= 15 is 0 Å². The van der Waals surface area contributed by atoms with E-state index in [-0.39, 0.29) is 11.9 Å². The summed E-state index contributed by atoms with van der Waals surface area (Å²) < 4.78 is 5.71. The number of hydrogen-bond donors (Lipinski definition) is 2. The van der Waals surface area contributed by atoms with Crippen molar-refractivity contribution in [2.75, 3.05) is 23.3 Å². The molecule has 0 bridgehead atoms. The number of carbonyl (C=O) groups excluding carboxylic acids is 2. The van der Waals surface area contributed by atoms with Crippen LogP contribution >= 0.6 is 0 Å². The van der Waals surface area contributed by atoms with Crippen molar-refractivity contribution in [1.82, 2.24) is 10.3 Å². The van der Waals surface area contributed by atoms with Gasteiger partial charge in [-0.25, -0.2) is 4.79 Å². The lowest BCUT2D eigenvalue weighted by Crippen LogP contribution is -2.27. The van der Waals surface area contributed by atoms with Gasteiger partial charge in [0.25, 0.3) is 0 Å². The average Bonchev–Trinajstić information content (AvgIpc) is 3.24. The summed E-state index contributed by atoms with van der Waals surface area (Å²) in [5.41, 5.74) is 3.11. The van der Waals surface area contributed by atoms with Crippen molar-refractivity contribution in [1.29, 1.82) is 0 Å². The predicted molar refractivity (Wildman–Crippen MR) is 120 cm³/mol. The number of amides is 3. The third-order valence-corrected chi connectivity index (χ3v) is 4.70. The van der Waals surface area contributed by atoms with Crippen LogP contribution in [0.25, 0.3) is 6.08 Å². The van der Waals surface area contributed by atoms with Gasteiger partial charge in [-0.05, 0) is 54.1 Å². The highest BCUT2D eigenvalue weighted by atomic mass is 16.5. The number of nitrogens with zero attached hydrogens (tertiary/aromatic N) is 2. The molecule has 0 aliphatic carbocycles. The molecule has 0 spiro atoms. The normalized spacial score (nSPS) is 13.3. The van der Waals surface area contributed by atoms with Gasteiger partial charge in [0, 0.05) is 36.7 Å². The molecule has 7 nitrogen and oxygen atoms in total. The highest BCUT2D eigenvalue weighted by molar-refractivity contribution is 6.02. The van der Waals surface area contributed by atoms with E-state index in [1.165, 1.54) is 6.08 Å². The molecule has 2 aromatic carbocycles. The Bertz CT molecular complexity index is 1080. The van der Waals surface area contributed by atoms with Gasteiger partial charge < -0.3 is 15.4 Å². The van der Waals surface area contributed by atoms with Gasteiger partial charge in [0.15, 0.2) is 0 Å². The van der Waals surface area contributed by atoms with Crippen LogP contribution in [-0.4, -0.2) is 30.0 Å². The second-order valence-corrected chi connectivity index (χ2v) is 6.94. The first-order valence-electron chi connectivity index (χ1n) is 9.95. The van der Waals surface area contributed by atoms with Gasteiger partial charge in [-0.2, -0.15) is 0 Å². The number of ether oxygens (including phenoxy) is 1. The molecule has 0 radical (unpaired) electrons. The maximum atomic E-state index is 12.3. The smallest absolute Gasteiger partial charge is 0.321 e. The SMILES string of the molecule is O=C(/C=C/c1ccc(OCc2ccccn2)cc1)Nc1cccc(N2CCNC2=O)c1. The molecular weight excluding hydrogens is 392 g/mol. The topological polar surface area (TPSA) is 83.6 Å². The van der Waals surface area contributed by atoms with E-state index < -0.39 is 0 Å². The van der Waals surface area contributed by atoms with Crippen LogP contribution < -0.4 is 20.3 Å². The number of rotatable bonds is 7. The first-order valence-corrected chi connectivity index (χ1v) is 9.95. The van der Waals surface area contributed by atoms with E-state index in [2.05, 4.69) is 15.6 Å². The van der Waals surface area contributed by atoms with Crippen molar-refractivity contribution in [3.05, 3.63) is 90.3 Å². The minimum atomic E-state index is -0.251. The average molecular weight is 414 g/mol. The van der Waals surface area contributed by atoms with Gasteiger partial charge >= 0.3 is 6.03 Å². The highest BCUT2D eigenvalue weighted by Gasteiger charge is 2.21. The van der Waals surface area contributed by atoms with E-state index in [1.807, 2.05) is 54.6 Å². The molecule has 7 heteroatoms. The second kappa shape index (κ2) is 9.58. The fraction of sp³-hybridized carbons (Fsp3) is 0.125. The van der Waals surface area contributed by atoms with Gasteiger partial charge in [0.05, 0.1) is 5.69 Å². The highest BCUT2D eigenvalue weighted by Crippen LogP contribution is 2.21. The standard InChI is InChI=1S/C24H22N4O3/c29-23(27-19-5-3-6-21(16-19)28-15-14-26-24(28)30)12-9-18-7-10-22(11-8-18)31-17-20-4-1-2-13-25-20/h1-13,16H,14-15,17H2,(H,26,30)(H,27,29)/b12-9+. The number of anilines is 2. The number of carbonyl (C=O) groups is 2. The lowest BCUT2D eigenvalue weighted by atomic mass is 10.2. The molecule has 4 rings (SSSR count). The maximum Gasteiger partial charge on any atom is 0.321 e. The first-order chi connectivity index (χ1) is 15.2. The maximum absolute atomic E-state index is 12.3. The summed E-state index contributed by atoms with van der Waals surface area (Å²) in [6, 6.07) is 20.2. The summed E-state index contributed by atoms with van der Waals surface area (Å²) in [6.45, 7) is 1.62. The zero-order valence-electron chi connectivity index (χ0n) is 16.8. The third-order valence-electron chi connectivity index (χ3n) is 4.70. The molecule has 1 fully saturated rings. The van der Waals surface area contributed by atoms with Gasteiger partial charge in [-0.3, -0.25) is 14.7 Å². The number of aromatic nitrogens is 1. The number of nitrogens with one attached hydrogen (secondary N) is 2. The molecule has 3 amide bonds. The summed E-state index contributed by atoms with van der Waals surface area (Å²) in [4.78, 5) is 30.0. The molecule has 0 atom stereocenters. The summed E-state index contributed by atoms with van der Waals surface area (Å²) in [5, 5.41) is 5.59. The van der Waals surface area contributed by atoms with Crippen LogP contribution in [0.15, 0.2) is 79.0 Å². The van der Waals surface area contributed by atoms with Crippen LogP contribution in [0.1, 0.15) is 11.3 Å². The van der Waals surface area contributed by atoms with Crippen molar-refractivity contribution in [2.45, 2.75) is 6.61 Å². The molecule has 2 heterocycles. The Kier molecular flexibility index (Phi) is 6.23. The van der Waals surface area contributed by atoms with E-state index in [9.17, 15) is 9.59 Å². The molecule has 1 aliphatic heterocycles. The molecule has 2 N–H and O–H groups in total. The minimum absolute atomic E-state index is 0.129. The molecule has 1 aromatic heterocycles. The molecule has 3 aromatic rings. The fourth-order valence-electron chi connectivity index (χ4n) is 3.14. The van der Waals surface area contributed by atoms with Crippen molar-refractivity contribution in [3.8, 4) is 5.75 Å². The van der Waals surface area contributed by atoms with Crippen molar-refractivity contribution in [2.24, 2.45) is 0 Å². The van der Waals surface area contributed by atoms with Crippen molar-refractivity contribution >= 4 is 29.4 Å². The Hall–Kier alpha value is -4.13. The zero-order chi connectivity index (χ0) is 21.5. The molecular formula is C24H22N4O3. The largest absolute Gasteiger partial charge is 0.487 e. The summed E-state index contributed by atoms with van der Waals surface area (Å²) >= 11 is 0. The summed E-state index contributed by atoms with van der Waals surface area (Å²) in [5.74, 6) is 0.480. The fourth-order valence-corrected chi connectivity index (χ4v) is 3.14. The molecule has 31 heavy (non-hydrogen) atoms. The van der Waals surface area contributed by atoms with Gasteiger partial charge in [0.1, 0.15) is 12.4 Å². The molecule has 0 saturated carbocycles. The molecule has 1 saturated heterocycles. The van der Waals surface area contributed by atoms with Crippen LogP contribution in [0, 0.1) is 0 Å². The Labute approximate surface area is 180 Å². The summed E-state index contributed by atoms with van der Waals surface area (Å²) in [6.07, 6.45) is 4.94. The molecule has 1 aliphatic rings. The van der Waals surface area contributed by atoms with Crippen LogP contribution in [0.4, 0.5) is 16.2 Å². The second-order valence-electron chi connectivity index (χ2n) is 6.94. The van der Waals surface area contributed by atoms with E-state index in [0.29, 0.717) is 25.4 Å². The van der Waals surface area contributed by atoms with E-state index in [0.717, 1.165) is 22.7 Å². The van der Waals surface area contributed by atoms with Crippen LogP contribution in [0.3, 0.4) is 0 Å². The quantitative estimate of drug-likeness (QED) is 0.576. The van der Waals surface area contributed by atoms with Crippen molar-refractivity contribution < 1.29 is 14.3 Å². The summed E-state index contributed by atoms with van der Waals surface area (Å²) in [7, 11) is 0. The minimum Gasteiger partial charge on any atom is -0.487 e. The third kappa shape index (κ3) is 5.48. The van der Waals surface area contributed by atoms with Crippen molar-refractivity contribution in [3.63, 3.8) is 0 Å². The lowest BCUT2D eigenvalue weighted by Gasteiger charge is -2.15. The van der Waals surface area contributed by atoms with E-state index in [4.69, 9.17) is 4.74 Å². The first kappa shape index (κ1) is 20.2. The Balaban J connectivity index is 1.31. The number of hydrogen-bond acceptors (Lipinski definition) is 4. The van der Waals surface area contributed by atoms with Crippen LogP contribution in [0.2, 0.25) is 0 Å². The Morgan fingerprint density at radius 2 is 2.00 bits per heavy atom. The van der Waals surface area contributed by atoms with Gasteiger partial charge in [-0.15, -0.1) is 0 Å². The lowest BCUT2D eigenvalue weighted by molar-refractivity contribution is -0.111. The Morgan fingerprint density at radius 3 is 2.74 bits per heavy atom. The molecule has 0 unspecified atom stereocenters. The predicted octanol–water partition coefficient (Wildman–Crippen LogP) is 3.84. The number of benzene rings is 2. The van der Waals surface area contributed by atoms with Gasteiger partial charge in [0.2, 0.25) is 5.91 Å². The van der Waals surface area contributed by atoms with Crippen LogP contribution in [-0.2, 0) is 11.4 Å². The van der Waals surface area contributed by atoms with E-state index in [1.54, 1.807) is 29.3 Å². The number of urea groups is 1.